The van der Waals surface area contributed by atoms with E-state index in [-0.39, 0.29) is 11.5 Å². The summed E-state index contributed by atoms with van der Waals surface area (Å²) < 4.78 is 13.1. The number of likely N-dealkylation sites (N-methyl/N-ethyl adjacent to an activating group) is 1. The lowest BCUT2D eigenvalue weighted by Gasteiger charge is -2.18. The zero-order chi connectivity index (χ0) is 19.4. The number of furan rings is 1. The van der Waals surface area contributed by atoms with Crippen LogP contribution in [-0.4, -0.2) is 35.6 Å². The standard InChI is InChI=1S/C21H21N3O3/c1-15-8-4-5-9-18(15)26-13-12-23(3)20(25)19-16(2)27-21(17(19)14-22)24-10-6-7-11-24/h4-11H,12-13H2,1-3H3. The summed E-state index contributed by atoms with van der Waals surface area (Å²) in [6.45, 7) is 4.41. The maximum Gasteiger partial charge on any atom is 0.258 e. The van der Waals surface area contributed by atoms with Crippen molar-refractivity contribution in [1.29, 1.82) is 5.26 Å². The number of benzene rings is 1. The van der Waals surface area contributed by atoms with Crippen LogP contribution in [0.2, 0.25) is 0 Å². The molecule has 6 nitrogen and oxygen atoms in total. The van der Waals surface area contributed by atoms with Crippen LogP contribution in [0, 0.1) is 25.2 Å². The Morgan fingerprint density at radius 3 is 2.59 bits per heavy atom. The van der Waals surface area contributed by atoms with Gasteiger partial charge in [-0.05, 0) is 37.6 Å². The van der Waals surface area contributed by atoms with Crippen molar-refractivity contribution in [3.63, 3.8) is 0 Å². The second-order valence-corrected chi connectivity index (χ2v) is 6.26. The van der Waals surface area contributed by atoms with E-state index in [0.717, 1.165) is 11.3 Å². The third-order valence-electron chi connectivity index (χ3n) is 4.35. The van der Waals surface area contributed by atoms with Crippen LogP contribution in [0.1, 0.15) is 27.2 Å². The number of hydrogen-bond acceptors (Lipinski definition) is 4. The summed E-state index contributed by atoms with van der Waals surface area (Å²) in [6.07, 6.45) is 3.54. The van der Waals surface area contributed by atoms with Crippen LogP contribution in [0.4, 0.5) is 0 Å². The summed E-state index contributed by atoms with van der Waals surface area (Å²) in [4.78, 5) is 14.4. The van der Waals surface area contributed by atoms with E-state index in [1.165, 1.54) is 4.90 Å². The van der Waals surface area contributed by atoms with Crippen molar-refractivity contribution in [1.82, 2.24) is 9.47 Å². The average Bonchev–Trinajstić information content (AvgIpc) is 3.29. The third-order valence-corrected chi connectivity index (χ3v) is 4.35. The number of carbonyl (C=O) groups excluding carboxylic acids is 1. The van der Waals surface area contributed by atoms with Crippen LogP contribution >= 0.6 is 0 Å². The Hall–Kier alpha value is -3.46. The molecule has 6 heteroatoms. The monoisotopic (exact) mass is 363 g/mol. The quantitative estimate of drug-likeness (QED) is 0.669. The lowest BCUT2D eigenvalue weighted by Crippen LogP contribution is -2.31. The Balaban J connectivity index is 1.74. The lowest BCUT2D eigenvalue weighted by molar-refractivity contribution is 0.0771. The van der Waals surface area contributed by atoms with Gasteiger partial charge in [0.2, 0.25) is 5.88 Å². The molecule has 0 saturated heterocycles. The van der Waals surface area contributed by atoms with E-state index in [4.69, 9.17) is 9.15 Å². The van der Waals surface area contributed by atoms with Crippen molar-refractivity contribution in [3.8, 4) is 17.7 Å². The number of ether oxygens (including phenoxy) is 1. The van der Waals surface area contributed by atoms with Crippen molar-refractivity contribution in [2.75, 3.05) is 20.2 Å². The molecular weight excluding hydrogens is 342 g/mol. The summed E-state index contributed by atoms with van der Waals surface area (Å²) in [5.74, 6) is 1.31. The van der Waals surface area contributed by atoms with Crippen molar-refractivity contribution >= 4 is 5.91 Å². The van der Waals surface area contributed by atoms with Gasteiger partial charge in [-0.25, -0.2) is 0 Å². The highest BCUT2D eigenvalue weighted by atomic mass is 16.5. The average molecular weight is 363 g/mol. The van der Waals surface area contributed by atoms with Gasteiger partial charge >= 0.3 is 0 Å². The first-order valence-electron chi connectivity index (χ1n) is 8.63. The van der Waals surface area contributed by atoms with Gasteiger partial charge in [-0.2, -0.15) is 5.26 Å². The fourth-order valence-corrected chi connectivity index (χ4v) is 2.85. The van der Waals surface area contributed by atoms with Crippen LogP contribution < -0.4 is 4.74 Å². The highest BCUT2D eigenvalue weighted by molar-refractivity contribution is 5.98. The first-order valence-corrected chi connectivity index (χ1v) is 8.63. The number of nitriles is 1. The van der Waals surface area contributed by atoms with Crippen LogP contribution in [0.15, 0.2) is 53.2 Å². The topological polar surface area (TPSA) is 71.4 Å². The minimum Gasteiger partial charge on any atom is -0.491 e. The molecule has 0 atom stereocenters. The SMILES string of the molecule is Cc1ccccc1OCCN(C)C(=O)c1c(C)oc(-n2cccc2)c1C#N. The molecule has 1 aromatic carbocycles. The normalized spacial score (nSPS) is 10.4. The van der Waals surface area contributed by atoms with Crippen molar-refractivity contribution < 1.29 is 13.9 Å². The summed E-state index contributed by atoms with van der Waals surface area (Å²) >= 11 is 0. The van der Waals surface area contributed by atoms with Gasteiger partial charge in [-0.3, -0.25) is 9.36 Å². The van der Waals surface area contributed by atoms with Crippen LogP contribution in [0.3, 0.4) is 0 Å². The smallest absolute Gasteiger partial charge is 0.258 e. The number of amides is 1. The molecule has 0 aliphatic heterocycles. The van der Waals surface area contributed by atoms with Gasteiger partial charge in [0, 0.05) is 19.4 Å². The molecule has 2 heterocycles. The molecule has 27 heavy (non-hydrogen) atoms. The number of hydrogen-bond donors (Lipinski definition) is 0. The number of nitrogens with zero attached hydrogens (tertiary/aromatic N) is 3. The molecule has 138 valence electrons. The van der Waals surface area contributed by atoms with Crippen LogP contribution in [-0.2, 0) is 0 Å². The zero-order valence-corrected chi connectivity index (χ0v) is 15.6. The second-order valence-electron chi connectivity index (χ2n) is 6.26. The van der Waals surface area contributed by atoms with E-state index >= 15 is 0 Å². The van der Waals surface area contributed by atoms with E-state index in [1.54, 1.807) is 30.9 Å². The number of para-hydroxylation sites is 1. The van der Waals surface area contributed by atoms with Gasteiger partial charge in [0.15, 0.2) is 0 Å². The molecule has 1 amide bonds. The van der Waals surface area contributed by atoms with E-state index in [0.29, 0.717) is 30.4 Å². The van der Waals surface area contributed by atoms with Crippen molar-refractivity contribution in [2.45, 2.75) is 13.8 Å². The molecule has 3 rings (SSSR count). The molecule has 0 fully saturated rings. The highest BCUT2D eigenvalue weighted by Gasteiger charge is 2.26. The molecule has 0 aliphatic carbocycles. The maximum absolute atomic E-state index is 12.9. The summed E-state index contributed by atoms with van der Waals surface area (Å²) in [5, 5.41) is 9.58. The Labute approximate surface area is 158 Å². The molecule has 3 aromatic rings. The molecule has 0 unspecified atom stereocenters. The summed E-state index contributed by atoms with van der Waals surface area (Å²) in [6, 6.07) is 13.5. The van der Waals surface area contributed by atoms with E-state index in [1.807, 2.05) is 43.3 Å². The maximum atomic E-state index is 12.9. The number of rotatable bonds is 6. The van der Waals surface area contributed by atoms with Crippen LogP contribution in [0.5, 0.6) is 5.75 Å². The second kappa shape index (κ2) is 7.83. The van der Waals surface area contributed by atoms with Crippen molar-refractivity contribution in [3.05, 3.63) is 71.2 Å². The minimum atomic E-state index is -0.264. The Morgan fingerprint density at radius 2 is 1.93 bits per heavy atom. The first-order chi connectivity index (χ1) is 13.0. The van der Waals surface area contributed by atoms with Gasteiger partial charge in [0.1, 0.15) is 35.3 Å². The lowest BCUT2D eigenvalue weighted by atomic mass is 10.1. The summed E-state index contributed by atoms with van der Waals surface area (Å²) in [7, 11) is 1.69. The third kappa shape index (κ3) is 3.72. The van der Waals surface area contributed by atoms with Gasteiger partial charge in [-0.1, -0.05) is 18.2 Å². The largest absolute Gasteiger partial charge is 0.491 e. The van der Waals surface area contributed by atoms with E-state index < -0.39 is 0 Å². The summed E-state index contributed by atoms with van der Waals surface area (Å²) in [5.41, 5.74) is 1.57. The number of carbonyl (C=O) groups is 1. The van der Waals surface area contributed by atoms with Gasteiger partial charge in [0.05, 0.1) is 6.54 Å². The molecule has 0 spiro atoms. The fraction of sp³-hybridized carbons (Fsp3) is 0.238. The minimum absolute atomic E-state index is 0.236. The zero-order valence-electron chi connectivity index (χ0n) is 15.6. The fourth-order valence-electron chi connectivity index (χ4n) is 2.85. The number of aryl methyl sites for hydroxylation is 2. The van der Waals surface area contributed by atoms with E-state index in [9.17, 15) is 10.1 Å². The van der Waals surface area contributed by atoms with E-state index in [2.05, 4.69) is 6.07 Å². The number of aromatic nitrogens is 1. The molecular formula is C21H21N3O3. The molecule has 2 aromatic heterocycles. The predicted octanol–water partition coefficient (Wildman–Crippen LogP) is 3.71. The Bertz CT molecular complexity index is 981. The van der Waals surface area contributed by atoms with Crippen molar-refractivity contribution in [2.24, 2.45) is 0 Å². The Kier molecular flexibility index (Phi) is 5.32. The molecule has 0 N–H and O–H groups in total. The van der Waals surface area contributed by atoms with Crippen LogP contribution in [0.25, 0.3) is 5.88 Å². The van der Waals surface area contributed by atoms with Gasteiger partial charge in [0.25, 0.3) is 5.91 Å². The molecule has 0 bridgehead atoms. The van der Waals surface area contributed by atoms with Gasteiger partial charge < -0.3 is 14.1 Å². The first kappa shape index (κ1) is 18.3. The Morgan fingerprint density at radius 1 is 1.22 bits per heavy atom. The molecule has 0 saturated carbocycles. The molecule has 0 aliphatic rings. The van der Waals surface area contributed by atoms with Gasteiger partial charge in [-0.15, -0.1) is 0 Å². The predicted molar refractivity (Wildman–Crippen MR) is 101 cm³/mol. The highest BCUT2D eigenvalue weighted by Crippen LogP contribution is 2.26. The molecule has 0 radical (unpaired) electrons.